The number of hydrogen-bond acceptors (Lipinski definition) is 3. The van der Waals surface area contributed by atoms with Gasteiger partial charge in [-0.25, -0.2) is 0 Å². The van der Waals surface area contributed by atoms with Crippen LogP contribution in [0.25, 0.3) is 11.1 Å². The molecule has 3 aromatic rings. The Morgan fingerprint density at radius 1 is 1.00 bits per heavy atom. The van der Waals surface area contributed by atoms with Crippen molar-refractivity contribution in [2.24, 2.45) is 0 Å². The summed E-state index contributed by atoms with van der Waals surface area (Å²) in [5.74, 6) is 0.162. The summed E-state index contributed by atoms with van der Waals surface area (Å²) in [7, 11) is 1.65. The maximum absolute atomic E-state index is 13.5. The zero-order valence-electron chi connectivity index (χ0n) is 18.8. The summed E-state index contributed by atoms with van der Waals surface area (Å²) in [6.45, 7) is 2.00. The summed E-state index contributed by atoms with van der Waals surface area (Å²) in [4.78, 5) is 14.9. The van der Waals surface area contributed by atoms with Gasteiger partial charge in [-0.05, 0) is 71.7 Å². The van der Waals surface area contributed by atoms with E-state index in [4.69, 9.17) is 5.41 Å². The quantitative estimate of drug-likeness (QED) is 0.600. The largest absolute Gasteiger partial charge is 0.346 e. The number of benzene rings is 3. The van der Waals surface area contributed by atoms with Crippen LogP contribution < -0.4 is 5.32 Å². The molecule has 5 heteroatoms. The summed E-state index contributed by atoms with van der Waals surface area (Å²) < 4.78 is 0. The molecule has 1 saturated carbocycles. The summed E-state index contributed by atoms with van der Waals surface area (Å²) in [6.07, 6.45) is 2.47. The lowest BCUT2D eigenvalue weighted by atomic mass is 9.73. The number of carbonyl (C=O) groups excluding carboxylic acids is 1. The number of likely N-dealkylation sites (N-methyl/N-ethyl adjacent to an activating group) is 1. The van der Waals surface area contributed by atoms with Crippen LogP contribution >= 0.6 is 0 Å². The fourth-order valence-electron chi connectivity index (χ4n) is 4.83. The summed E-state index contributed by atoms with van der Waals surface area (Å²) >= 11 is 0. The van der Waals surface area contributed by atoms with E-state index in [9.17, 15) is 10.1 Å². The van der Waals surface area contributed by atoms with Crippen LogP contribution in [0.15, 0.2) is 72.8 Å². The fourth-order valence-corrected chi connectivity index (χ4v) is 4.83. The van der Waals surface area contributed by atoms with Gasteiger partial charge in [0.2, 0.25) is 5.91 Å². The highest BCUT2D eigenvalue weighted by atomic mass is 16.2. The molecular weight excluding hydrogens is 408 g/mol. The van der Waals surface area contributed by atoms with Crippen LogP contribution in [-0.2, 0) is 10.3 Å². The minimum atomic E-state index is -0.801. The second-order valence-electron chi connectivity index (χ2n) is 9.22. The monoisotopic (exact) mass is 434 g/mol. The van der Waals surface area contributed by atoms with Gasteiger partial charge in [-0.15, -0.1) is 0 Å². The molecule has 33 heavy (non-hydrogen) atoms. The number of rotatable bonds is 4. The lowest BCUT2D eigenvalue weighted by molar-refractivity contribution is -0.131. The molecule has 1 aliphatic heterocycles. The lowest BCUT2D eigenvalue weighted by Gasteiger charge is -2.46. The standard InChI is InChI=1S/C28H26N4O/c1-28(24-8-4-7-23(16-24)22-6-3-5-18(15-22)17-29)25(26(33)32(2)27(30)31-28)21-13-11-20(12-14-21)19-9-10-19/h3-8,11-16,19,25H,9-10H2,1-2H3,(H2,30,31)/t25-,28-/m1/s1. The predicted molar refractivity (Wildman–Crippen MR) is 129 cm³/mol. The average Bonchev–Trinajstić information content (AvgIpc) is 3.69. The number of hydrogen-bond donors (Lipinski definition) is 2. The molecule has 0 unspecified atom stereocenters. The van der Waals surface area contributed by atoms with E-state index in [2.05, 4.69) is 41.7 Å². The lowest BCUT2D eigenvalue weighted by Crippen LogP contribution is -2.62. The Hall–Kier alpha value is -3.91. The second-order valence-corrected chi connectivity index (χ2v) is 9.22. The molecule has 5 nitrogen and oxygen atoms in total. The van der Waals surface area contributed by atoms with Crippen LogP contribution in [0, 0.1) is 16.7 Å². The third-order valence-corrected chi connectivity index (χ3v) is 6.97. The second kappa shape index (κ2) is 7.90. The van der Waals surface area contributed by atoms with Gasteiger partial charge in [-0.2, -0.15) is 5.26 Å². The molecule has 0 radical (unpaired) electrons. The van der Waals surface area contributed by atoms with Crippen LogP contribution in [-0.4, -0.2) is 23.8 Å². The van der Waals surface area contributed by atoms with Gasteiger partial charge < -0.3 is 5.32 Å². The molecule has 2 aliphatic rings. The molecule has 0 aromatic heterocycles. The number of nitrogens with one attached hydrogen (secondary N) is 2. The highest BCUT2D eigenvalue weighted by molar-refractivity contribution is 6.02. The summed E-state index contributed by atoms with van der Waals surface area (Å²) in [5.41, 5.74) is 4.90. The van der Waals surface area contributed by atoms with E-state index in [1.165, 1.54) is 23.3 Å². The van der Waals surface area contributed by atoms with Crippen molar-refractivity contribution in [1.82, 2.24) is 10.2 Å². The Morgan fingerprint density at radius 2 is 1.64 bits per heavy atom. The van der Waals surface area contributed by atoms with Crippen LogP contribution in [0.2, 0.25) is 0 Å². The van der Waals surface area contributed by atoms with E-state index in [0.29, 0.717) is 11.5 Å². The van der Waals surface area contributed by atoms with Crippen LogP contribution in [0.4, 0.5) is 0 Å². The van der Waals surface area contributed by atoms with E-state index < -0.39 is 11.5 Å². The van der Waals surface area contributed by atoms with Crippen molar-refractivity contribution in [3.05, 3.63) is 95.1 Å². The van der Waals surface area contributed by atoms with Crippen molar-refractivity contribution in [3.8, 4) is 17.2 Å². The van der Waals surface area contributed by atoms with Crippen molar-refractivity contribution in [2.75, 3.05) is 7.05 Å². The Morgan fingerprint density at radius 3 is 2.30 bits per heavy atom. The number of carbonyl (C=O) groups is 1. The van der Waals surface area contributed by atoms with Gasteiger partial charge in [0, 0.05) is 7.05 Å². The Labute approximate surface area is 194 Å². The molecule has 5 rings (SSSR count). The van der Waals surface area contributed by atoms with Crippen LogP contribution in [0.3, 0.4) is 0 Å². The molecule has 3 aromatic carbocycles. The van der Waals surface area contributed by atoms with Crippen LogP contribution in [0.1, 0.15) is 53.9 Å². The number of guanidine groups is 1. The zero-order chi connectivity index (χ0) is 23.2. The van der Waals surface area contributed by atoms with E-state index >= 15 is 0 Å². The Balaban J connectivity index is 1.59. The van der Waals surface area contributed by atoms with Crippen molar-refractivity contribution >= 4 is 11.9 Å². The summed E-state index contributed by atoms with van der Waals surface area (Å²) in [5, 5.41) is 21.0. The molecular formula is C28H26N4O. The SMILES string of the molecule is CN1C(=N)N[C@](C)(c2cccc(-c3cccc(C#N)c3)c2)[C@H](c2ccc(C3CC3)cc2)C1=O. The first-order valence-electron chi connectivity index (χ1n) is 11.3. The van der Waals surface area contributed by atoms with Gasteiger partial charge in [0.25, 0.3) is 0 Å². The maximum Gasteiger partial charge on any atom is 0.239 e. The average molecular weight is 435 g/mol. The molecule has 1 amide bonds. The van der Waals surface area contributed by atoms with Crippen LogP contribution in [0.5, 0.6) is 0 Å². The van der Waals surface area contributed by atoms with Gasteiger partial charge in [-0.3, -0.25) is 15.1 Å². The molecule has 0 bridgehead atoms. The molecule has 2 N–H and O–H groups in total. The first-order valence-corrected chi connectivity index (χ1v) is 11.3. The predicted octanol–water partition coefficient (Wildman–Crippen LogP) is 5.10. The molecule has 0 spiro atoms. The minimum absolute atomic E-state index is 0.0882. The first kappa shape index (κ1) is 21.0. The molecule has 2 fully saturated rings. The third-order valence-electron chi connectivity index (χ3n) is 6.97. The number of amides is 1. The summed E-state index contributed by atoms with van der Waals surface area (Å²) in [6, 6.07) is 26.2. The van der Waals surface area contributed by atoms with Gasteiger partial charge in [0.15, 0.2) is 5.96 Å². The van der Waals surface area contributed by atoms with Gasteiger partial charge in [0.1, 0.15) is 0 Å². The molecule has 1 saturated heterocycles. The highest BCUT2D eigenvalue weighted by Gasteiger charge is 2.48. The topological polar surface area (TPSA) is 80.0 Å². The number of nitrogens with zero attached hydrogens (tertiary/aromatic N) is 2. The van der Waals surface area contributed by atoms with E-state index in [0.717, 1.165) is 22.3 Å². The molecule has 164 valence electrons. The Bertz CT molecular complexity index is 1290. The maximum atomic E-state index is 13.5. The van der Waals surface area contributed by atoms with Crippen molar-refractivity contribution in [3.63, 3.8) is 0 Å². The van der Waals surface area contributed by atoms with Crippen molar-refractivity contribution in [1.29, 1.82) is 10.7 Å². The minimum Gasteiger partial charge on any atom is -0.346 e. The zero-order valence-corrected chi connectivity index (χ0v) is 18.8. The molecule has 1 heterocycles. The van der Waals surface area contributed by atoms with E-state index in [1.54, 1.807) is 13.1 Å². The first-order chi connectivity index (χ1) is 15.9. The third kappa shape index (κ3) is 3.68. The fraction of sp³-hybridized carbons (Fsp3) is 0.250. The highest BCUT2D eigenvalue weighted by Crippen LogP contribution is 2.44. The van der Waals surface area contributed by atoms with E-state index in [-0.39, 0.29) is 11.9 Å². The number of nitriles is 1. The molecule has 1 aliphatic carbocycles. The van der Waals surface area contributed by atoms with Gasteiger partial charge in [-0.1, -0.05) is 54.6 Å². The van der Waals surface area contributed by atoms with E-state index in [1.807, 2.05) is 43.3 Å². The van der Waals surface area contributed by atoms with Gasteiger partial charge >= 0.3 is 0 Å². The Kier molecular flexibility index (Phi) is 5.02. The normalized spacial score (nSPS) is 22.6. The molecule has 2 atom stereocenters. The smallest absolute Gasteiger partial charge is 0.239 e. The van der Waals surface area contributed by atoms with Crippen molar-refractivity contribution < 1.29 is 4.79 Å². The van der Waals surface area contributed by atoms with Gasteiger partial charge in [0.05, 0.1) is 23.1 Å². The van der Waals surface area contributed by atoms with Crippen molar-refractivity contribution in [2.45, 2.75) is 37.1 Å².